The fourth-order valence-electron chi connectivity index (χ4n) is 4.37. The molecule has 3 nitrogen and oxygen atoms in total. The number of nitrogens with two attached hydrogens (primary N) is 1. The number of unbranched alkanes of at least 4 members (excludes halogenated alkanes) is 3. The highest BCUT2D eigenvalue weighted by Gasteiger charge is 2.65. The van der Waals surface area contributed by atoms with E-state index >= 15 is 0 Å². The molecule has 0 bridgehead atoms. The summed E-state index contributed by atoms with van der Waals surface area (Å²) in [6.07, 6.45) is 9.30. The van der Waals surface area contributed by atoms with Gasteiger partial charge in [-0.15, -0.1) is 0 Å². The Morgan fingerprint density at radius 3 is 2.44 bits per heavy atom. The number of rotatable bonds is 6. The van der Waals surface area contributed by atoms with Crippen molar-refractivity contribution in [2.45, 2.75) is 77.2 Å². The molecular formula is C24H29NO2. The number of carbonyl (C=O) groups excluding carboxylic acids is 1. The van der Waals surface area contributed by atoms with Gasteiger partial charge in [0.2, 0.25) is 5.91 Å². The molecule has 1 aliphatic heterocycles. The van der Waals surface area contributed by atoms with Gasteiger partial charge < -0.3 is 10.5 Å². The summed E-state index contributed by atoms with van der Waals surface area (Å²) in [5.74, 6) is 22.1. The van der Waals surface area contributed by atoms with E-state index in [0.29, 0.717) is 6.61 Å². The zero-order valence-corrected chi connectivity index (χ0v) is 16.5. The number of hydrogen-bond acceptors (Lipinski definition) is 2. The van der Waals surface area contributed by atoms with Crippen LogP contribution in [0, 0.1) is 58.7 Å². The summed E-state index contributed by atoms with van der Waals surface area (Å²) in [6.45, 7) is 4.50. The smallest absolute Gasteiger partial charge is 0.223 e. The highest BCUT2D eigenvalue weighted by atomic mass is 16.5. The first-order valence-corrected chi connectivity index (χ1v) is 9.99. The van der Waals surface area contributed by atoms with Crippen molar-refractivity contribution in [2.75, 3.05) is 6.61 Å². The Balaban J connectivity index is 2.26. The van der Waals surface area contributed by atoms with E-state index in [1.54, 1.807) is 6.92 Å². The van der Waals surface area contributed by atoms with Crippen LogP contribution in [0.25, 0.3) is 0 Å². The molecule has 1 saturated carbocycles. The lowest BCUT2D eigenvalue weighted by Gasteiger charge is -2.61. The van der Waals surface area contributed by atoms with E-state index in [-0.39, 0.29) is 17.2 Å². The van der Waals surface area contributed by atoms with E-state index in [2.05, 4.69) is 54.3 Å². The molecule has 2 N–H and O–H groups in total. The molecule has 0 radical (unpaired) electrons. The minimum atomic E-state index is -0.530. The largest absolute Gasteiger partial charge is 0.371 e. The summed E-state index contributed by atoms with van der Waals surface area (Å²) < 4.78 is 6.12. The molecule has 0 aromatic carbocycles. The van der Waals surface area contributed by atoms with E-state index in [4.69, 9.17) is 10.5 Å². The number of ether oxygens (including phenoxy) is 1. The van der Waals surface area contributed by atoms with Crippen LogP contribution in [0.1, 0.15) is 71.6 Å². The van der Waals surface area contributed by atoms with Crippen LogP contribution in [0.4, 0.5) is 0 Å². The summed E-state index contributed by atoms with van der Waals surface area (Å²) in [7, 11) is 0. The summed E-state index contributed by atoms with van der Waals surface area (Å²) in [6, 6.07) is 0. The predicted molar refractivity (Wildman–Crippen MR) is 108 cm³/mol. The van der Waals surface area contributed by atoms with Gasteiger partial charge in [-0.1, -0.05) is 57.3 Å². The quantitative estimate of drug-likeness (QED) is 0.581. The number of hydrogen-bond donors (Lipinski definition) is 1. The second-order valence-electron chi connectivity index (χ2n) is 7.40. The maximum atomic E-state index is 12.1. The molecule has 1 heterocycles. The minimum Gasteiger partial charge on any atom is -0.371 e. The minimum absolute atomic E-state index is 0.256. The molecule has 1 spiro atoms. The first-order chi connectivity index (χ1) is 13.1. The van der Waals surface area contributed by atoms with Crippen molar-refractivity contribution in [1.29, 1.82) is 0 Å². The normalized spacial score (nSPS) is 28.0. The average molecular weight is 364 g/mol. The topological polar surface area (TPSA) is 52.3 Å². The van der Waals surface area contributed by atoms with Crippen LogP contribution < -0.4 is 5.73 Å². The molecule has 3 unspecified atom stereocenters. The molecule has 27 heavy (non-hydrogen) atoms. The van der Waals surface area contributed by atoms with Crippen molar-refractivity contribution >= 4 is 5.91 Å². The van der Waals surface area contributed by atoms with Gasteiger partial charge in [-0.2, -0.15) is 0 Å². The summed E-state index contributed by atoms with van der Waals surface area (Å²) in [5, 5.41) is 0. The van der Waals surface area contributed by atoms with Crippen LogP contribution in [-0.4, -0.2) is 18.1 Å². The van der Waals surface area contributed by atoms with Gasteiger partial charge in [0.25, 0.3) is 0 Å². The fourth-order valence-corrected chi connectivity index (χ4v) is 4.37. The molecule has 2 rings (SSSR count). The number of carbonyl (C=O) groups is 1. The van der Waals surface area contributed by atoms with Gasteiger partial charge in [0.05, 0.1) is 23.5 Å². The second kappa shape index (κ2) is 10.1. The lowest BCUT2D eigenvalue weighted by Crippen LogP contribution is -2.69. The van der Waals surface area contributed by atoms with Crippen molar-refractivity contribution in [3.63, 3.8) is 0 Å². The number of amides is 1. The van der Waals surface area contributed by atoms with Crippen molar-refractivity contribution in [1.82, 2.24) is 0 Å². The number of primary amides is 1. The molecule has 1 amide bonds. The third-order valence-corrected chi connectivity index (χ3v) is 5.78. The van der Waals surface area contributed by atoms with Gasteiger partial charge in [-0.05, 0) is 61.7 Å². The summed E-state index contributed by atoms with van der Waals surface area (Å²) in [4.78, 5) is 12.1. The molecule has 3 atom stereocenters. The zero-order chi connectivity index (χ0) is 19.6. The predicted octanol–water partition coefficient (Wildman–Crippen LogP) is 3.42. The Bertz CT molecular complexity index is 783. The SMILES string of the molecule is CC#CC#CC#CC#CC1(CCCCCC)COC12CCCCC2C(N)=O. The van der Waals surface area contributed by atoms with Crippen LogP contribution in [0.15, 0.2) is 0 Å². The van der Waals surface area contributed by atoms with Crippen LogP contribution in [0.3, 0.4) is 0 Å². The van der Waals surface area contributed by atoms with Crippen molar-refractivity contribution in [3.8, 4) is 47.4 Å². The maximum Gasteiger partial charge on any atom is 0.223 e. The fraction of sp³-hybridized carbons (Fsp3) is 0.625. The molecule has 142 valence electrons. The molecule has 3 heteroatoms. The molecular weight excluding hydrogens is 334 g/mol. The van der Waals surface area contributed by atoms with E-state index in [1.165, 1.54) is 19.3 Å². The molecule has 0 aromatic heterocycles. The van der Waals surface area contributed by atoms with Gasteiger partial charge in [0, 0.05) is 0 Å². The maximum absolute atomic E-state index is 12.1. The van der Waals surface area contributed by atoms with Crippen molar-refractivity contribution in [2.24, 2.45) is 17.1 Å². The highest BCUT2D eigenvalue weighted by Crippen LogP contribution is 2.57. The Kier molecular flexibility index (Phi) is 7.86. The molecule has 2 fully saturated rings. The summed E-state index contributed by atoms with van der Waals surface area (Å²) in [5.41, 5.74) is 4.89. The van der Waals surface area contributed by atoms with Gasteiger partial charge in [0.1, 0.15) is 0 Å². The lowest BCUT2D eigenvalue weighted by atomic mass is 9.55. The lowest BCUT2D eigenvalue weighted by molar-refractivity contribution is -0.277. The van der Waals surface area contributed by atoms with Gasteiger partial charge in [-0.25, -0.2) is 0 Å². The van der Waals surface area contributed by atoms with Crippen molar-refractivity contribution < 1.29 is 9.53 Å². The standard InChI is InChI=1S/C24H29NO2/c1-3-5-7-9-10-11-14-18-23(17-13-8-6-4-2)20-27-24(23)19-15-12-16-21(24)22(25)26/h21H,4,6,8,12-13,15-17,19-20H2,1-2H3,(H2,25,26). The average Bonchev–Trinajstić information content (AvgIpc) is 2.67. The third-order valence-electron chi connectivity index (χ3n) is 5.78. The summed E-state index contributed by atoms with van der Waals surface area (Å²) >= 11 is 0. The van der Waals surface area contributed by atoms with Gasteiger partial charge in [-0.3, -0.25) is 4.79 Å². The van der Waals surface area contributed by atoms with E-state index < -0.39 is 5.60 Å². The van der Waals surface area contributed by atoms with Gasteiger partial charge >= 0.3 is 0 Å². The van der Waals surface area contributed by atoms with Crippen LogP contribution >= 0.6 is 0 Å². The van der Waals surface area contributed by atoms with Crippen molar-refractivity contribution in [3.05, 3.63) is 0 Å². The van der Waals surface area contributed by atoms with E-state index in [9.17, 15) is 4.79 Å². The van der Waals surface area contributed by atoms with Gasteiger partial charge in [0.15, 0.2) is 0 Å². The zero-order valence-electron chi connectivity index (χ0n) is 16.5. The monoisotopic (exact) mass is 363 g/mol. The van der Waals surface area contributed by atoms with E-state index in [1.807, 2.05) is 0 Å². The molecule has 2 aliphatic rings. The van der Waals surface area contributed by atoms with Crippen LogP contribution in [-0.2, 0) is 9.53 Å². The van der Waals surface area contributed by atoms with Crippen LogP contribution in [0.5, 0.6) is 0 Å². The third kappa shape index (κ3) is 4.69. The first kappa shape index (κ1) is 21.0. The molecule has 1 aliphatic carbocycles. The molecule has 0 aromatic rings. The van der Waals surface area contributed by atoms with Crippen LogP contribution in [0.2, 0.25) is 0 Å². The highest BCUT2D eigenvalue weighted by molar-refractivity contribution is 5.79. The molecule has 1 saturated heterocycles. The Morgan fingerprint density at radius 2 is 1.81 bits per heavy atom. The van der Waals surface area contributed by atoms with E-state index in [0.717, 1.165) is 38.5 Å². The second-order valence-corrected chi connectivity index (χ2v) is 7.40. The Morgan fingerprint density at radius 1 is 1.07 bits per heavy atom. The Hall–Kier alpha value is -2.33. The first-order valence-electron chi connectivity index (χ1n) is 9.99. The Labute approximate surface area is 164 Å².